The third-order valence-electron chi connectivity index (χ3n) is 4.51. The second kappa shape index (κ2) is 7.06. The van der Waals surface area contributed by atoms with Gasteiger partial charge in [-0.15, -0.1) is 0 Å². The summed E-state index contributed by atoms with van der Waals surface area (Å²) in [5.41, 5.74) is 0.519. The van der Waals surface area contributed by atoms with Gasteiger partial charge in [0.2, 0.25) is 0 Å². The molecule has 26 heavy (non-hydrogen) atoms. The Labute approximate surface area is 151 Å². The number of hydrogen-bond acceptors (Lipinski definition) is 5. The second-order valence-electron chi connectivity index (χ2n) is 6.17. The molecule has 0 bridgehead atoms. The number of carbonyl (C=O) groups excluding carboxylic acids is 1. The molecule has 140 valence electrons. The van der Waals surface area contributed by atoms with Gasteiger partial charge in [0.15, 0.2) is 0 Å². The molecule has 1 saturated heterocycles. The number of nitrogens with zero attached hydrogens (tertiary/aromatic N) is 2. The van der Waals surface area contributed by atoms with Crippen LogP contribution in [0.15, 0.2) is 36.1 Å². The highest BCUT2D eigenvalue weighted by atomic mass is 32.2. The number of carboxylic acids is 1. The fourth-order valence-corrected chi connectivity index (χ4v) is 3.89. The fraction of sp³-hybridized carbons (Fsp3) is 0.375. The van der Waals surface area contributed by atoms with Gasteiger partial charge in [0, 0.05) is 43.9 Å². The molecule has 0 spiro atoms. The normalized spacial score (nSPS) is 20.7. The summed E-state index contributed by atoms with van der Waals surface area (Å²) in [5.74, 6) is -1.77. The average molecular weight is 380 g/mol. The van der Waals surface area contributed by atoms with Crippen molar-refractivity contribution < 1.29 is 23.1 Å². The highest BCUT2D eigenvalue weighted by molar-refractivity contribution is 7.87. The van der Waals surface area contributed by atoms with E-state index < -0.39 is 16.2 Å². The van der Waals surface area contributed by atoms with Crippen LogP contribution < -0.4 is 10.5 Å². The summed E-state index contributed by atoms with van der Waals surface area (Å²) in [6.45, 7) is 2.81. The molecule has 9 nitrogen and oxygen atoms in total. The van der Waals surface area contributed by atoms with E-state index in [4.69, 9.17) is 5.14 Å². The number of nitrogens with one attached hydrogen (secondary N) is 1. The third-order valence-corrected chi connectivity index (χ3v) is 5.36. The molecule has 0 radical (unpaired) electrons. The molecule has 0 aromatic carbocycles. The smallest absolute Gasteiger partial charge is 0.353 e. The molecule has 1 aromatic rings. The molecule has 1 amide bonds. The van der Waals surface area contributed by atoms with Crippen molar-refractivity contribution in [2.45, 2.75) is 12.3 Å². The van der Waals surface area contributed by atoms with Crippen LogP contribution in [0.2, 0.25) is 0 Å². The van der Waals surface area contributed by atoms with Crippen molar-refractivity contribution in [3.05, 3.63) is 47.3 Å². The standard InChI is InChI=1S/C16H20N4O5S/c17-26(24,25)20-8-5-13(14(20)16(22)23)11-1-3-12(4-2-11)15(21)19-9-6-18-7-10-19/h1,3-5,8,11,18H,2,6-7,9-10H2,(H,22,23)(H2,17,24,25). The molecular formula is C16H20N4O5S. The first kappa shape index (κ1) is 18.4. The topological polar surface area (TPSA) is 135 Å². The molecule has 4 N–H and O–H groups in total. The van der Waals surface area contributed by atoms with Crippen LogP contribution in [0.4, 0.5) is 0 Å². The van der Waals surface area contributed by atoms with Crippen LogP contribution in [0.5, 0.6) is 0 Å². The number of nitrogens with two attached hydrogens (primary N) is 1. The molecule has 1 fully saturated rings. The Morgan fingerprint density at radius 2 is 1.96 bits per heavy atom. The summed E-state index contributed by atoms with van der Waals surface area (Å²) in [4.78, 5) is 25.8. The summed E-state index contributed by atoms with van der Waals surface area (Å²) < 4.78 is 23.7. The third kappa shape index (κ3) is 3.57. The van der Waals surface area contributed by atoms with Crippen LogP contribution in [0.1, 0.15) is 28.4 Å². The van der Waals surface area contributed by atoms with Crippen molar-refractivity contribution in [2.75, 3.05) is 26.2 Å². The van der Waals surface area contributed by atoms with E-state index in [0.717, 1.165) is 19.3 Å². The van der Waals surface area contributed by atoms with Crippen molar-refractivity contribution >= 4 is 22.1 Å². The lowest BCUT2D eigenvalue weighted by atomic mass is 9.89. The SMILES string of the molecule is NS(=O)(=O)n1ccc(C2C=CC(C(=O)N3CCNCC3)=CC2)c1C(=O)O. The molecule has 1 aliphatic heterocycles. The summed E-state index contributed by atoms with van der Waals surface area (Å²) >= 11 is 0. The Morgan fingerprint density at radius 1 is 1.27 bits per heavy atom. The number of aromatic carboxylic acids is 1. The second-order valence-corrected chi connectivity index (χ2v) is 7.59. The minimum absolute atomic E-state index is 0.0539. The maximum atomic E-state index is 12.5. The number of aromatic nitrogens is 1. The molecule has 10 heteroatoms. The van der Waals surface area contributed by atoms with Crippen molar-refractivity contribution in [1.29, 1.82) is 0 Å². The van der Waals surface area contributed by atoms with Crippen LogP contribution in [-0.4, -0.2) is 60.5 Å². The first-order chi connectivity index (χ1) is 12.3. The van der Waals surface area contributed by atoms with Gasteiger partial charge in [-0.3, -0.25) is 4.79 Å². The predicted molar refractivity (Wildman–Crippen MR) is 93.9 cm³/mol. The number of piperazine rings is 1. The van der Waals surface area contributed by atoms with E-state index in [0.29, 0.717) is 34.6 Å². The van der Waals surface area contributed by atoms with Gasteiger partial charge in [-0.2, -0.15) is 8.42 Å². The lowest BCUT2D eigenvalue weighted by molar-refractivity contribution is -0.127. The van der Waals surface area contributed by atoms with E-state index in [1.54, 1.807) is 23.1 Å². The summed E-state index contributed by atoms with van der Waals surface area (Å²) in [5, 5.41) is 17.6. The van der Waals surface area contributed by atoms with E-state index in [9.17, 15) is 23.1 Å². The maximum Gasteiger partial charge on any atom is 0.353 e. The number of amides is 1. The highest BCUT2D eigenvalue weighted by Gasteiger charge is 2.27. The quantitative estimate of drug-likeness (QED) is 0.653. The van der Waals surface area contributed by atoms with Crippen LogP contribution >= 0.6 is 0 Å². The van der Waals surface area contributed by atoms with Gasteiger partial charge in [0.05, 0.1) is 0 Å². The van der Waals surface area contributed by atoms with Crippen molar-refractivity contribution in [2.24, 2.45) is 5.14 Å². The Bertz CT molecular complexity index is 894. The van der Waals surface area contributed by atoms with Gasteiger partial charge in [-0.1, -0.05) is 18.2 Å². The number of allylic oxidation sites excluding steroid dienone is 2. The molecule has 2 aliphatic rings. The molecule has 2 heterocycles. The molecule has 1 unspecified atom stereocenters. The minimum Gasteiger partial charge on any atom is -0.477 e. The van der Waals surface area contributed by atoms with Gasteiger partial charge in [0.1, 0.15) is 5.69 Å². The number of hydrogen-bond donors (Lipinski definition) is 3. The molecule has 0 saturated carbocycles. The first-order valence-electron chi connectivity index (χ1n) is 8.15. The molecule has 1 aliphatic carbocycles. The number of carboxylic acid groups (broad SMARTS) is 1. The van der Waals surface area contributed by atoms with Crippen LogP contribution in [0.3, 0.4) is 0 Å². The van der Waals surface area contributed by atoms with E-state index >= 15 is 0 Å². The first-order valence-corrected chi connectivity index (χ1v) is 9.65. The molecule has 3 rings (SSSR count). The molecular weight excluding hydrogens is 360 g/mol. The lowest BCUT2D eigenvalue weighted by Gasteiger charge is -2.28. The minimum atomic E-state index is -4.21. The zero-order valence-electron chi connectivity index (χ0n) is 14.0. The zero-order chi connectivity index (χ0) is 18.9. The van der Waals surface area contributed by atoms with Crippen molar-refractivity contribution in [3.8, 4) is 0 Å². The van der Waals surface area contributed by atoms with Crippen LogP contribution in [-0.2, 0) is 15.0 Å². The largest absolute Gasteiger partial charge is 0.477 e. The van der Waals surface area contributed by atoms with Gasteiger partial charge in [0.25, 0.3) is 5.91 Å². The molecule has 1 atom stereocenters. The van der Waals surface area contributed by atoms with Crippen LogP contribution in [0, 0.1) is 0 Å². The number of carbonyl (C=O) groups is 2. The van der Waals surface area contributed by atoms with E-state index in [-0.39, 0.29) is 17.5 Å². The Kier molecular flexibility index (Phi) is 4.99. The predicted octanol–water partition coefficient (Wildman–Crippen LogP) is -0.360. The average Bonchev–Trinajstić information content (AvgIpc) is 3.08. The summed E-state index contributed by atoms with van der Waals surface area (Å²) in [6.07, 6.45) is 6.68. The fourth-order valence-electron chi connectivity index (χ4n) is 3.22. The van der Waals surface area contributed by atoms with Crippen LogP contribution in [0.25, 0.3) is 0 Å². The van der Waals surface area contributed by atoms with Gasteiger partial charge >= 0.3 is 16.2 Å². The van der Waals surface area contributed by atoms with Gasteiger partial charge in [-0.05, 0) is 18.1 Å². The lowest BCUT2D eigenvalue weighted by Crippen LogP contribution is -2.46. The van der Waals surface area contributed by atoms with E-state index in [1.807, 2.05) is 0 Å². The summed E-state index contributed by atoms with van der Waals surface area (Å²) in [6, 6.07) is 1.43. The van der Waals surface area contributed by atoms with Crippen molar-refractivity contribution in [1.82, 2.24) is 14.2 Å². The molecule has 1 aromatic heterocycles. The highest BCUT2D eigenvalue weighted by Crippen LogP contribution is 2.31. The summed E-state index contributed by atoms with van der Waals surface area (Å²) in [7, 11) is -4.21. The monoisotopic (exact) mass is 380 g/mol. The number of rotatable bonds is 4. The van der Waals surface area contributed by atoms with Crippen molar-refractivity contribution in [3.63, 3.8) is 0 Å². The van der Waals surface area contributed by atoms with E-state index in [1.165, 1.54) is 6.07 Å². The Hall–Kier alpha value is -2.43. The Balaban J connectivity index is 1.81. The zero-order valence-corrected chi connectivity index (χ0v) is 14.8. The maximum absolute atomic E-state index is 12.5. The van der Waals surface area contributed by atoms with Gasteiger partial charge in [-0.25, -0.2) is 13.9 Å². The van der Waals surface area contributed by atoms with E-state index in [2.05, 4.69) is 5.32 Å². The Morgan fingerprint density at radius 3 is 2.50 bits per heavy atom. The van der Waals surface area contributed by atoms with Gasteiger partial charge < -0.3 is 15.3 Å².